The molecule has 1 heterocycles. The molecule has 1 N–H and O–H groups in total. The minimum atomic E-state index is -3.51. The monoisotopic (exact) mass is 446 g/mol. The molecule has 0 spiro atoms. The van der Waals surface area contributed by atoms with Crippen LogP contribution >= 0.6 is 0 Å². The Balaban J connectivity index is 1.32. The molecule has 1 aliphatic heterocycles. The number of piperidine rings is 1. The lowest BCUT2D eigenvalue weighted by Crippen LogP contribution is -2.47. The Morgan fingerprint density at radius 2 is 1.68 bits per heavy atom. The van der Waals surface area contributed by atoms with Gasteiger partial charge in [0.2, 0.25) is 15.9 Å². The first-order chi connectivity index (χ1) is 14.6. The third-order valence-electron chi connectivity index (χ3n) is 7.99. The highest BCUT2D eigenvalue weighted by molar-refractivity contribution is 7.89. The number of benzene rings is 1. The van der Waals surface area contributed by atoms with E-state index in [1.165, 1.54) is 25.7 Å². The van der Waals surface area contributed by atoms with Crippen molar-refractivity contribution >= 4 is 15.9 Å². The van der Waals surface area contributed by atoms with E-state index in [-0.39, 0.29) is 23.3 Å². The van der Waals surface area contributed by atoms with E-state index < -0.39 is 10.0 Å². The van der Waals surface area contributed by atoms with Gasteiger partial charge in [0.25, 0.3) is 0 Å². The SMILES string of the molecule is CC(NC(=O)C1CCN(S(=O)(=O)c2ccc(C(C)(C)C)cc2)CC1)C1CC2CCC1C2. The summed E-state index contributed by atoms with van der Waals surface area (Å²) in [6.45, 7) is 9.32. The van der Waals surface area contributed by atoms with E-state index in [0.717, 1.165) is 17.4 Å². The van der Waals surface area contributed by atoms with Crippen molar-refractivity contribution in [1.29, 1.82) is 0 Å². The fraction of sp³-hybridized carbons (Fsp3) is 0.720. The topological polar surface area (TPSA) is 66.5 Å². The molecule has 0 radical (unpaired) electrons. The number of amides is 1. The van der Waals surface area contributed by atoms with Crippen LogP contribution in [0.1, 0.15) is 71.8 Å². The molecule has 3 aliphatic rings. The maximum absolute atomic E-state index is 13.1. The molecule has 4 atom stereocenters. The summed E-state index contributed by atoms with van der Waals surface area (Å²) in [6, 6.07) is 7.47. The molecule has 5 nitrogen and oxygen atoms in total. The minimum Gasteiger partial charge on any atom is -0.353 e. The number of sulfonamides is 1. The second kappa shape index (κ2) is 8.51. The predicted molar refractivity (Wildman–Crippen MR) is 123 cm³/mol. The van der Waals surface area contributed by atoms with Crippen LogP contribution in [0.25, 0.3) is 0 Å². The Morgan fingerprint density at radius 3 is 2.19 bits per heavy atom. The number of rotatable bonds is 5. The summed E-state index contributed by atoms with van der Waals surface area (Å²) in [6.07, 6.45) is 6.48. The van der Waals surface area contributed by atoms with Crippen LogP contribution in [-0.4, -0.2) is 37.8 Å². The zero-order chi connectivity index (χ0) is 22.4. The summed E-state index contributed by atoms with van der Waals surface area (Å²) < 4.78 is 27.7. The minimum absolute atomic E-state index is 0.0107. The zero-order valence-corrected chi connectivity index (χ0v) is 20.2. The van der Waals surface area contributed by atoms with Gasteiger partial charge in [-0.25, -0.2) is 8.42 Å². The molecule has 2 bridgehead atoms. The molecule has 172 valence electrons. The van der Waals surface area contributed by atoms with Crippen molar-refractivity contribution in [3.05, 3.63) is 29.8 Å². The molecule has 1 saturated heterocycles. The van der Waals surface area contributed by atoms with Gasteiger partial charge < -0.3 is 5.32 Å². The number of hydrogen-bond acceptors (Lipinski definition) is 3. The lowest BCUT2D eigenvalue weighted by Gasteiger charge is -2.33. The van der Waals surface area contributed by atoms with E-state index >= 15 is 0 Å². The molecule has 4 rings (SSSR count). The number of fused-ring (bicyclic) bond motifs is 2. The molecule has 1 aromatic rings. The standard InChI is InChI=1S/C25H38N2O3S/c1-17(23-16-18-5-6-20(23)15-18)26-24(28)19-11-13-27(14-12-19)31(29,30)22-9-7-21(8-10-22)25(2,3)4/h7-10,17-20,23H,5-6,11-16H2,1-4H3,(H,26,28). The average molecular weight is 447 g/mol. The maximum Gasteiger partial charge on any atom is 0.243 e. The maximum atomic E-state index is 13.1. The second-order valence-electron chi connectivity index (χ2n) is 11.1. The molecule has 1 amide bonds. The van der Waals surface area contributed by atoms with Crippen molar-refractivity contribution in [2.45, 2.75) is 82.6 Å². The third-order valence-corrected chi connectivity index (χ3v) is 9.90. The van der Waals surface area contributed by atoms with E-state index in [1.54, 1.807) is 16.4 Å². The molecular weight excluding hydrogens is 408 g/mol. The van der Waals surface area contributed by atoms with Crippen molar-refractivity contribution in [2.24, 2.45) is 23.7 Å². The third kappa shape index (κ3) is 4.70. The van der Waals surface area contributed by atoms with Gasteiger partial charge in [-0.1, -0.05) is 39.3 Å². The highest BCUT2D eigenvalue weighted by Gasteiger charge is 2.42. The molecule has 2 aliphatic carbocycles. The molecule has 4 unspecified atom stereocenters. The van der Waals surface area contributed by atoms with Crippen LogP contribution in [0.3, 0.4) is 0 Å². The van der Waals surface area contributed by atoms with E-state index in [1.807, 2.05) is 12.1 Å². The number of nitrogens with one attached hydrogen (secondary N) is 1. The largest absolute Gasteiger partial charge is 0.353 e. The molecule has 1 aromatic carbocycles. The van der Waals surface area contributed by atoms with Gasteiger partial charge >= 0.3 is 0 Å². The van der Waals surface area contributed by atoms with Gasteiger partial charge in [0.05, 0.1) is 4.90 Å². The van der Waals surface area contributed by atoms with Gasteiger partial charge in [-0.05, 0) is 79.9 Å². The van der Waals surface area contributed by atoms with Crippen LogP contribution in [-0.2, 0) is 20.2 Å². The Bertz CT molecular complexity index is 896. The van der Waals surface area contributed by atoms with Crippen LogP contribution in [0.5, 0.6) is 0 Å². The summed E-state index contributed by atoms with van der Waals surface area (Å²) in [5.74, 6) is 2.31. The Morgan fingerprint density at radius 1 is 1.03 bits per heavy atom. The van der Waals surface area contributed by atoms with Crippen molar-refractivity contribution in [3.63, 3.8) is 0 Å². The van der Waals surface area contributed by atoms with E-state index in [4.69, 9.17) is 0 Å². The van der Waals surface area contributed by atoms with Crippen molar-refractivity contribution in [1.82, 2.24) is 9.62 Å². The molecule has 6 heteroatoms. The van der Waals surface area contributed by atoms with Gasteiger partial charge in [-0.15, -0.1) is 0 Å². The van der Waals surface area contributed by atoms with Gasteiger partial charge in [0, 0.05) is 25.0 Å². The summed E-state index contributed by atoms with van der Waals surface area (Å²) in [5.41, 5.74) is 1.11. The first kappa shape index (κ1) is 22.8. The van der Waals surface area contributed by atoms with Gasteiger partial charge in [-0.2, -0.15) is 4.31 Å². The van der Waals surface area contributed by atoms with Crippen LogP contribution in [0.4, 0.5) is 0 Å². The van der Waals surface area contributed by atoms with Crippen LogP contribution in [0.2, 0.25) is 0 Å². The smallest absolute Gasteiger partial charge is 0.243 e. The first-order valence-corrected chi connectivity index (χ1v) is 13.4. The molecule has 0 aromatic heterocycles. The molecule has 31 heavy (non-hydrogen) atoms. The van der Waals surface area contributed by atoms with Crippen molar-refractivity contribution in [2.75, 3.05) is 13.1 Å². The van der Waals surface area contributed by atoms with Crippen molar-refractivity contribution < 1.29 is 13.2 Å². The molecule has 2 saturated carbocycles. The lowest BCUT2D eigenvalue weighted by atomic mass is 9.83. The Kier molecular flexibility index (Phi) is 6.25. The highest BCUT2D eigenvalue weighted by Crippen LogP contribution is 2.49. The number of carbonyl (C=O) groups excluding carboxylic acids is 1. The summed E-state index contributed by atoms with van der Waals surface area (Å²) in [4.78, 5) is 13.2. The first-order valence-electron chi connectivity index (χ1n) is 12.0. The number of nitrogens with zero attached hydrogens (tertiary/aromatic N) is 1. The van der Waals surface area contributed by atoms with E-state index in [0.29, 0.717) is 36.7 Å². The van der Waals surface area contributed by atoms with Crippen LogP contribution in [0.15, 0.2) is 29.2 Å². The van der Waals surface area contributed by atoms with Crippen LogP contribution in [0, 0.1) is 23.7 Å². The normalized spacial score (nSPS) is 28.6. The highest BCUT2D eigenvalue weighted by atomic mass is 32.2. The number of hydrogen-bond donors (Lipinski definition) is 1. The van der Waals surface area contributed by atoms with Gasteiger partial charge in [0.15, 0.2) is 0 Å². The van der Waals surface area contributed by atoms with Crippen molar-refractivity contribution in [3.8, 4) is 0 Å². The predicted octanol–water partition coefficient (Wildman–Crippen LogP) is 4.33. The quantitative estimate of drug-likeness (QED) is 0.732. The summed E-state index contributed by atoms with van der Waals surface area (Å²) in [7, 11) is -3.51. The van der Waals surface area contributed by atoms with Gasteiger partial charge in [-0.3, -0.25) is 4.79 Å². The second-order valence-corrected chi connectivity index (χ2v) is 13.0. The van der Waals surface area contributed by atoms with E-state index in [9.17, 15) is 13.2 Å². The van der Waals surface area contributed by atoms with E-state index in [2.05, 4.69) is 33.0 Å². The zero-order valence-electron chi connectivity index (χ0n) is 19.4. The average Bonchev–Trinajstić information content (AvgIpc) is 3.37. The van der Waals surface area contributed by atoms with Crippen LogP contribution < -0.4 is 5.32 Å². The lowest BCUT2D eigenvalue weighted by molar-refractivity contribution is -0.127. The Hall–Kier alpha value is -1.40. The fourth-order valence-electron chi connectivity index (χ4n) is 5.99. The fourth-order valence-corrected chi connectivity index (χ4v) is 7.46. The number of carbonyl (C=O) groups is 1. The van der Waals surface area contributed by atoms with Gasteiger partial charge in [0.1, 0.15) is 0 Å². The summed E-state index contributed by atoms with van der Waals surface area (Å²) in [5, 5.41) is 3.28. The molecule has 3 fully saturated rings. The molecular formula is C25H38N2O3S. The Labute approximate surface area is 188 Å². The summed E-state index contributed by atoms with van der Waals surface area (Å²) >= 11 is 0.